The molecule has 1 aromatic heterocycles. The third-order valence-corrected chi connectivity index (χ3v) is 4.32. The number of methoxy groups -OCH3 is 2. The Morgan fingerprint density at radius 1 is 0.966 bits per heavy atom. The molecule has 0 fully saturated rings. The van der Waals surface area contributed by atoms with Crippen molar-refractivity contribution in [3.63, 3.8) is 0 Å². The van der Waals surface area contributed by atoms with Gasteiger partial charge in [0.15, 0.2) is 5.76 Å². The minimum absolute atomic E-state index is 0.198. The Kier molecular flexibility index (Phi) is 6.52. The number of benzene rings is 2. The molecule has 2 aromatic carbocycles. The predicted molar refractivity (Wildman–Crippen MR) is 109 cm³/mol. The van der Waals surface area contributed by atoms with Gasteiger partial charge in [0.25, 0.3) is 11.8 Å². The summed E-state index contributed by atoms with van der Waals surface area (Å²) in [5.74, 6) is 1.16. The van der Waals surface area contributed by atoms with Crippen molar-refractivity contribution in [1.82, 2.24) is 5.32 Å². The van der Waals surface area contributed by atoms with Crippen LogP contribution in [0.5, 0.6) is 11.5 Å². The zero-order valence-corrected chi connectivity index (χ0v) is 16.2. The van der Waals surface area contributed by atoms with Crippen LogP contribution in [-0.4, -0.2) is 32.6 Å². The zero-order chi connectivity index (χ0) is 20.6. The van der Waals surface area contributed by atoms with E-state index in [1.807, 2.05) is 18.2 Å². The number of anilines is 1. The van der Waals surface area contributed by atoms with Crippen LogP contribution < -0.4 is 20.1 Å². The molecule has 0 radical (unpaired) electrons. The van der Waals surface area contributed by atoms with E-state index < -0.39 is 0 Å². The van der Waals surface area contributed by atoms with E-state index in [2.05, 4.69) is 10.6 Å². The molecule has 0 atom stereocenters. The van der Waals surface area contributed by atoms with Gasteiger partial charge in [0.05, 0.1) is 20.5 Å². The summed E-state index contributed by atoms with van der Waals surface area (Å²) in [5, 5.41) is 5.59. The molecule has 3 aromatic rings. The van der Waals surface area contributed by atoms with Crippen LogP contribution in [0.4, 0.5) is 5.69 Å². The molecule has 3 rings (SSSR count). The summed E-state index contributed by atoms with van der Waals surface area (Å²) in [6, 6.07) is 15.4. The molecule has 1 heterocycles. The van der Waals surface area contributed by atoms with Crippen molar-refractivity contribution in [2.45, 2.75) is 6.42 Å². The van der Waals surface area contributed by atoms with Gasteiger partial charge in [-0.15, -0.1) is 0 Å². The Bertz CT molecular complexity index is 965. The highest BCUT2D eigenvalue weighted by atomic mass is 16.5. The Hall–Kier alpha value is -3.74. The van der Waals surface area contributed by atoms with Gasteiger partial charge in [0.2, 0.25) is 0 Å². The largest absolute Gasteiger partial charge is 0.497 e. The van der Waals surface area contributed by atoms with Crippen molar-refractivity contribution in [1.29, 1.82) is 0 Å². The lowest BCUT2D eigenvalue weighted by molar-refractivity contribution is 0.0953. The number of carbonyl (C=O) groups is 2. The molecule has 7 nitrogen and oxygen atoms in total. The van der Waals surface area contributed by atoms with Gasteiger partial charge in [-0.2, -0.15) is 0 Å². The average molecular weight is 394 g/mol. The Morgan fingerprint density at radius 2 is 1.76 bits per heavy atom. The van der Waals surface area contributed by atoms with E-state index in [-0.39, 0.29) is 17.6 Å². The lowest BCUT2D eigenvalue weighted by Gasteiger charge is -2.11. The summed E-state index contributed by atoms with van der Waals surface area (Å²) < 4.78 is 15.6. The van der Waals surface area contributed by atoms with Crippen LogP contribution in [0.3, 0.4) is 0 Å². The fourth-order valence-corrected chi connectivity index (χ4v) is 2.80. The molecule has 0 aliphatic carbocycles. The van der Waals surface area contributed by atoms with Crippen molar-refractivity contribution in [3.8, 4) is 11.5 Å². The first kappa shape index (κ1) is 20.0. The molecular formula is C22H22N2O5. The number of rotatable bonds is 8. The van der Waals surface area contributed by atoms with E-state index >= 15 is 0 Å². The monoisotopic (exact) mass is 394 g/mol. The van der Waals surface area contributed by atoms with Gasteiger partial charge in [0, 0.05) is 17.8 Å². The fraction of sp³-hybridized carbons (Fsp3) is 0.182. The van der Waals surface area contributed by atoms with Gasteiger partial charge in [-0.05, 0) is 66.6 Å². The van der Waals surface area contributed by atoms with Crippen molar-refractivity contribution < 1.29 is 23.5 Å². The van der Waals surface area contributed by atoms with Gasteiger partial charge >= 0.3 is 0 Å². The number of furan rings is 1. The highest BCUT2D eigenvalue weighted by Crippen LogP contribution is 2.24. The Morgan fingerprint density at radius 3 is 2.41 bits per heavy atom. The summed E-state index contributed by atoms with van der Waals surface area (Å²) in [6.45, 7) is 0.444. The number of amides is 2. The van der Waals surface area contributed by atoms with E-state index in [9.17, 15) is 9.59 Å². The molecule has 2 amide bonds. The molecule has 0 aliphatic heterocycles. The molecule has 0 unspecified atom stereocenters. The predicted octanol–water partition coefficient (Wildman–Crippen LogP) is 3.52. The average Bonchev–Trinajstić information content (AvgIpc) is 3.29. The van der Waals surface area contributed by atoms with E-state index in [1.165, 1.54) is 6.26 Å². The first-order chi connectivity index (χ1) is 14.1. The van der Waals surface area contributed by atoms with Crippen LogP contribution in [0.25, 0.3) is 0 Å². The van der Waals surface area contributed by atoms with Crippen LogP contribution in [0.2, 0.25) is 0 Å². The summed E-state index contributed by atoms with van der Waals surface area (Å²) >= 11 is 0. The summed E-state index contributed by atoms with van der Waals surface area (Å²) in [5.41, 5.74) is 2.02. The summed E-state index contributed by atoms with van der Waals surface area (Å²) in [7, 11) is 3.21. The van der Waals surface area contributed by atoms with Crippen LogP contribution in [-0.2, 0) is 6.42 Å². The normalized spacial score (nSPS) is 10.3. The van der Waals surface area contributed by atoms with Crippen LogP contribution in [0.1, 0.15) is 26.5 Å². The Balaban J connectivity index is 1.54. The molecule has 150 valence electrons. The van der Waals surface area contributed by atoms with Gasteiger partial charge in [0.1, 0.15) is 11.5 Å². The topological polar surface area (TPSA) is 89.8 Å². The molecule has 0 saturated heterocycles. The van der Waals surface area contributed by atoms with Crippen molar-refractivity contribution >= 4 is 17.5 Å². The molecule has 0 bridgehead atoms. The molecule has 0 aliphatic rings. The minimum Gasteiger partial charge on any atom is -0.497 e. The number of hydrogen-bond donors (Lipinski definition) is 2. The lowest BCUT2D eigenvalue weighted by Crippen LogP contribution is -2.25. The highest BCUT2D eigenvalue weighted by Gasteiger charge is 2.11. The highest BCUT2D eigenvalue weighted by molar-refractivity contribution is 6.02. The van der Waals surface area contributed by atoms with Gasteiger partial charge < -0.3 is 24.5 Å². The smallest absolute Gasteiger partial charge is 0.291 e. The maximum atomic E-state index is 12.4. The van der Waals surface area contributed by atoms with Crippen molar-refractivity contribution in [3.05, 3.63) is 77.7 Å². The summed E-state index contributed by atoms with van der Waals surface area (Å²) in [4.78, 5) is 24.3. The van der Waals surface area contributed by atoms with Crippen LogP contribution in [0.15, 0.2) is 65.3 Å². The fourth-order valence-electron chi connectivity index (χ4n) is 2.80. The van der Waals surface area contributed by atoms with E-state index in [4.69, 9.17) is 13.9 Å². The van der Waals surface area contributed by atoms with E-state index in [0.717, 1.165) is 17.1 Å². The molecule has 29 heavy (non-hydrogen) atoms. The van der Waals surface area contributed by atoms with Gasteiger partial charge in [-0.3, -0.25) is 9.59 Å². The molecule has 7 heteroatoms. The number of nitrogens with one attached hydrogen (secondary N) is 2. The zero-order valence-electron chi connectivity index (χ0n) is 16.2. The lowest BCUT2D eigenvalue weighted by atomic mass is 10.1. The van der Waals surface area contributed by atoms with Crippen LogP contribution >= 0.6 is 0 Å². The minimum atomic E-state index is -0.348. The van der Waals surface area contributed by atoms with Gasteiger partial charge in [-0.25, -0.2) is 0 Å². The number of carbonyl (C=O) groups excluding carboxylic acids is 2. The first-order valence-corrected chi connectivity index (χ1v) is 9.04. The SMILES string of the molecule is COc1ccc(OC)c(CCNC(=O)c2ccc(NC(=O)c3ccco3)cc2)c1. The number of ether oxygens (including phenoxy) is 2. The molecular weight excluding hydrogens is 372 g/mol. The number of hydrogen-bond acceptors (Lipinski definition) is 5. The second-order valence-corrected chi connectivity index (χ2v) is 6.19. The molecule has 0 spiro atoms. The van der Waals surface area contributed by atoms with Crippen LogP contribution in [0, 0.1) is 0 Å². The van der Waals surface area contributed by atoms with E-state index in [1.54, 1.807) is 50.6 Å². The van der Waals surface area contributed by atoms with Gasteiger partial charge in [-0.1, -0.05) is 0 Å². The standard InChI is InChI=1S/C22H22N2O5/c1-27-18-9-10-19(28-2)16(14-18)11-12-23-21(25)15-5-7-17(8-6-15)24-22(26)20-4-3-13-29-20/h3-10,13-14H,11-12H2,1-2H3,(H,23,25)(H,24,26). The molecule has 2 N–H and O–H groups in total. The molecule has 0 saturated carbocycles. The quantitative estimate of drug-likeness (QED) is 0.610. The Labute approximate surface area is 168 Å². The summed E-state index contributed by atoms with van der Waals surface area (Å²) in [6.07, 6.45) is 2.03. The van der Waals surface area contributed by atoms with Crippen molar-refractivity contribution in [2.24, 2.45) is 0 Å². The second kappa shape index (κ2) is 9.45. The first-order valence-electron chi connectivity index (χ1n) is 9.04. The van der Waals surface area contributed by atoms with Crippen molar-refractivity contribution in [2.75, 3.05) is 26.1 Å². The van der Waals surface area contributed by atoms with E-state index in [0.29, 0.717) is 24.2 Å². The maximum absolute atomic E-state index is 12.4. The maximum Gasteiger partial charge on any atom is 0.291 e. The third-order valence-electron chi connectivity index (χ3n) is 4.32. The second-order valence-electron chi connectivity index (χ2n) is 6.19. The third kappa shape index (κ3) is 5.16.